The molecule has 1 aromatic rings. The minimum Gasteiger partial charge on any atom is -0.401 e. The van der Waals surface area contributed by atoms with Gasteiger partial charge >= 0.3 is 6.09 Å². The summed E-state index contributed by atoms with van der Waals surface area (Å²) in [6.45, 7) is 17.2. The number of hydrogen-bond donors (Lipinski definition) is 1. The number of aliphatic hydroxyl groups excluding tert-OH is 1. The van der Waals surface area contributed by atoms with E-state index in [-0.39, 0.29) is 17.8 Å². The van der Waals surface area contributed by atoms with Crippen molar-refractivity contribution in [2.24, 2.45) is 5.92 Å². The average Bonchev–Trinajstić information content (AvgIpc) is 3.34. The lowest BCUT2D eigenvalue weighted by Gasteiger charge is -2.30. The number of ether oxygens (including phenoxy) is 5. The van der Waals surface area contributed by atoms with Crippen molar-refractivity contribution in [1.29, 1.82) is 0 Å². The van der Waals surface area contributed by atoms with Crippen molar-refractivity contribution in [3.05, 3.63) is 47.7 Å². The van der Waals surface area contributed by atoms with Crippen molar-refractivity contribution >= 4 is 6.09 Å². The number of rotatable bonds is 7. The molecule has 0 aromatic heterocycles. The Bertz CT molecular complexity index is 1030. The molecule has 3 rings (SSSR count). The van der Waals surface area contributed by atoms with E-state index in [9.17, 15) is 9.90 Å². The van der Waals surface area contributed by atoms with Gasteiger partial charge in [0.1, 0.15) is 18.3 Å². The number of carbonyl (C=O) groups is 1. The Hall–Kier alpha value is -2.41. The van der Waals surface area contributed by atoms with E-state index in [1.54, 1.807) is 24.8 Å². The Balaban J connectivity index is 1.87. The molecule has 0 unspecified atom stereocenters. The zero-order chi connectivity index (χ0) is 28.3. The lowest BCUT2D eigenvalue weighted by atomic mass is 9.93. The highest BCUT2D eigenvalue weighted by Crippen LogP contribution is 2.38. The van der Waals surface area contributed by atoms with Gasteiger partial charge in [-0.3, -0.25) is 0 Å². The van der Waals surface area contributed by atoms with Crippen LogP contribution in [0, 0.1) is 17.8 Å². The minimum absolute atomic E-state index is 0.0567. The molecule has 1 amide bonds. The number of allylic oxidation sites excluding steroid dienone is 1. The SMILES string of the molecule is CC(C)N(C(=O)O/C(C#Cc1ccccc1)=C\[C@H](C)[C@H](O)[C@H]1OC(C)(C)O[C@H]1[C@H]1COC(C)(C)O1)C(C)C. The van der Waals surface area contributed by atoms with Gasteiger partial charge in [0.15, 0.2) is 17.3 Å². The lowest BCUT2D eigenvalue weighted by Crippen LogP contribution is -2.46. The van der Waals surface area contributed by atoms with Crippen LogP contribution in [0.15, 0.2) is 42.2 Å². The van der Waals surface area contributed by atoms with E-state index in [4.69, 9.17) is 23.7 Å². The molecule has 210 valence electrons. The van der Waals surface area contributed by atoms with Crippen LogP contribution in [-0.2, 0) is 23.7 Å². The van der Waals surface area contributed by atoms with E-state index in [0.29, 0.717) is 6.61 Å². The number of carbonyl (C=O) groups excluding carboxylic acids is 1. The molecule has 2 saturated heterocycles. The molecule has 0 radical (unpaired) electrons. The Morgan fingerprint density at radius 1 is 1.03 bits per heavy atom. The zero-order valence-electron chi connectivity index (χ0n) is 24.1. The Kier molecular flexibility index (Phi) is 9.66. The molecular formula is C30H43NO7. The molecule has 8 heteroatoms. The Labute approximate surface area is 227 Å². The van der Waals surface area contributed by atoms with Crippen molar-refractivity contribution in [2.45, 2.75) is 110 Å². The van der Waals surface area contributed by atoms with Crippen LogP contribution in [0.2, 0.25) is 0 Å². The molecule has 0 saturated carbocycles. The highest BCUT2D eigenvalue weighted by Gasteiger charge is 2.52. The molecule has 1 N–H and O–H groups in total. The molecule has 2 aliphatic heterocycles. The third-order valence-corrected chi connectivity index (χ3v) is 6.47. The number of hydrogen-bond acceptors (Lipinski definition) is 7. The van der Waals surface area contributed by atoms with Crippen LogP contribution < -0.4 is 0 Å². The minimum atomic E-state index is -0.993. The molecule has 2 fully saturated rings. The third kappa shape index (κ3) is 7.81. The van der Waals surface area contributed by atoms with Crippen LogP contribution in [0.25, 0.3) is 0 Å². The molecule has 0 spiro atoms. The highest BCUT2D eigenvalue weighted by molar-refractivity contribution is 5.70. The van der Waals surface area contributed by atoms with Crippen LogP contribution in [0.3, 0.4) is 0 Å². The predicted octanol–water partition coefficient (Wildman–Crippen LogP) is 4.85. The Morgan fingerprint density at radius 3 is 2.21 bits per heavy atom. The van der Waals surface area contributed by atoms with Crippen molar-refractivity contribution in [1.82, 2.24) is 4.90 Å². The standard InChI is InChI=1S/C30H43NO7/c1-19(2)31(20(3)4)28(33)35-23(16-15-22-13-11-10-12-14-22)17-21(5)25(32)27-26(37-30(8,9)38-27)24-18-34-29(6,7)36-24/h10-14,17,19-21,24-27,32H,18H2,1-9H3/b23-17-/t21-,24+,25-,26-,27+/m0/s1. The fourth-order valence-corrected chi connectivity index (χ4v) is 4.80. The topological polar surface area (TPSA) is 86.7 Å². The summed E-state index contributed by atoms with van der Waals surface area (Å²) < 4.78 is 29.8. The monoisotopic (exact) mass is 529 g/mol. The summed E-state index contributed by atoms with van der Waals surface area (Å²) in [7, 11) is 0. The van der Waals surface area contributed by atoms with Gasteiger partial charge in [-0.05, 0) is 79.5 Å². The maximum absolute atomic E-state index is 13.1. The molecule has 0 aliphatic carbocycles. The van der Waals surface area contributed by atoms with Crippen LogP contribution in [-0.4, -0.2) is 70.8 Å². The van der Waals surface area contributed by atoms with Gasteiger partial charge in [-0.25, -0.2) is 4.79 Å². The fraction of sp³-hybridized carbons (Fsp3) is 0.633. The smallest absolute Gasteiger partial charge is 0.401 e. The van der Waals surface area contributed by atoms with E-state index < -0.39 is 48.0 Å². The first kappa shape index (κ1) is 30.1. The lowest BCUT2D eigenvalue weighted by molar-refractivity contribution is -0.175. The highest BCUT2D eigenvalue weighted by atomic mass is 16.8. The molecule has 1 aromatic carbocycles. The molecule has 2 aliphatic rings. The van der Waals surface area contributed by atoms with Crippen molar-refractivity contribution in [3.8, 4) is 11.8 Å². The number of benzene rings is 1. The van der Waals surface area contributed by atoms with Crippen molar-refractivity contribution < 1.29 is 33.6 Å². The van der Waals surface area contributed by atoms with Gasteiger partial charge in [-0.15, -0.1) is 0 Å². The summed E-state index contributed by atoms with van der Waals surface area (Å²) in [5.74, 6) is 4.05. The second kappa shape index (κ2) is 12.2. The third-order valence-electron chi connectivity index (χ3n) is 6.47. The van der Waals surface area contributed by atoms with E-state index in [2.05, 4.69) is 11.8 Å². The van der Waals surface area contributed by atoms with E-state index in [0.717, 1.165) is 5.56 Å². The molecule has 0 bridgehead atoms. The molecular weight excluding hydrogens is 486 g/mol. The number of nitrogens with zero attached hydrogens (tertiary/aromatic N) is 1. The summed E-state index contributed by atoms with van der Waals surface area (Å²) in [5.41, 5.74) is 0.780. The van der Waals surface area contributed by atoms with Gasteiger partial charge in [-0.1, -0.05) is 31.0 Å². The van der Waals surface area contributed by atoms with E-state index >= 15 is 0 Å². The summed E-state index contributed by atoms with van der Waals surface area (Å²) in [4.78, 5) is 14.7. The van der Waals surface area contributed by atoms with Crippen LogP contribution >= 0.6 is 0 Å². The molecule has 38 heavy (non-hydrogen) atoms. The van der Waals surface area contributed by atoms with E-state index in [1.165, 1.54) is 0 Å². The average molecular weight is 530 g/mol. The second-order valence-corrected chi connectivity index (χ2v) is 11.4. The predicted molar refractivity (Wildman–Crippen MR) is 144 cm³/mol. The molecule has 2 heterocycles. The largest absolute Gasteiger partial charge is 0.416 e. The summed E-state index contributed by atoms with van der Waals surface area (Å²) in [6.07, 6.45) is -1.46. The van der Waals surface area contributed by atoms with Crippen molar-refractivity contribution in [3.63, 3.8) is 0 Å². The van der Waals surface area contributed by atoms with E-state index in [1.807, 2.05) is 78.8 Å². The maximum Gasteiger partial charge on any atom is 0.416 e. The van der Waals surface area contributed by atoms with Crippen molar-refractivity contribution in [2.75, 3.05) is 6.61 Å². The van der Waals surface area contributed by atoms with Gasteiger partial charge in [-0.2, -0.15) is 0 Å². The van der Waals surface area contributed by atoms with Crippen LogP contribution in [0.5, 0.6) is 0 Å². The second-order valence-electron chi connectivity index (χ2n) is 11.4. The van der Waals surface area contributed by atoms with Gasteiger partial charge in [0.2, 0.25) is 0 Å². The van der Waals surface area contributed by atoms with Crippen LogP contribution in [0.1, 0.15) is 67.9 Å². The first-order chi connectivity index (χ1) is 17.7. The first-order valence-electron chi connectivity index (χ1n) is 13.3. The summed E-state index contributed by atoms with van der Waals surface area (Å²) in [6, 6.07) is 9.32. The Morgan fingerprint density at radius 2 is 1.66 bits per heavy atom. The number of amides is 1. The molecule has 8 nitrogen and oxygen atoms in total. The summed E-state index contributed by atoms with van der Waals surface area (Å²) >= 11 is 0. The van der Waals surface area contributed by atoms with Gasteiger partial charge < -0.3 is 33.7 Å². The fourth-order valence-electron chi connectivity index (χ4n) is 4.80. The van der Waals surface area contributed by atoms with Crippen LogP contribution in [0.4, 0.5) is 4.79 Å². The summed E-state index contributed by atoms with van der Waals surface area (Å²) in [5, 5.41) is 11.4. The van der Waals surface area contributed by atoms with Gasteiger partial charge in [0.05, 0.1) is 12.7 Å². The number of aliphatic hydroxyl groups is 1. The zero-order valence-corrected chi connectivity index (χ0v) is 24.1. The van der Waals surface area contributed by atoms with Gasteiger partial charge in [0, 0.05) is 23.6 Å². The quantitative estimate of drug-likeness (QED) is 0.399. The normalized spacial score (nSPS) is 26.1. The first-order valence-corrected chi connectivity index (χ1v) is 13.3. The van der Waals surface area contributed by atoms with Gasteiger partial charge in [0.25, 0.3) is 0 Å². The maximum atomic E-state index is 13.1. The molecule has 5 atom stereocenters.